The van der Waals surface area contributed by atoms with Crippen LogP contribution in [0.5, 0.6) is 0 Å². The number of carboxylic acids is 1. The van der Waals surface area contributed by atoms with Crippen LogP contribution in [0, 0.1) is 11.8 Å². The van der Waals surface area contributed by atoms with E-state index >= 15 is 0 Å². The van der Waals surface area contributed by atoms with E-state index in [1.807, 2.05) is 44.2 Å². The number of carboxylic acid groups (broad SMARTS) is 1. The standard InChI is InChI=1S/C15H20N4O2/c1-10(2)8-13(15(20)21)12(14-16-18-19-17-14)9-11-6-4-3-5-7-11/h3-7,10,12-13H,8-9H2,1-2H3,(H,20,21)(H,16,17,18,19)/t12-,13-/m0/s1. The van der Waals surface area contributed by atoms with Crippen LogP contribution in [0.25, 0.3) is 0 Å². The summed E-state index contributed by atoms with van der Waals surface area (Å²) in [6.07, 6.45) is 1.17. The highest BCUT2D eigenvalue weighted by Gasteiger charge is 2.33. The van der Waals surface area contributed by atoms with Crippen molar-refractivity contribution in [2.24, 2.45) is 11.8 Å². The zero-order valence-corrected chi connectivity index (χ0v) is 12.2. The molecule has 0 radical (unpaired) electrons. The highest BCUT2D eigenvalue weighted by Crippen LogP contribution is 2.31. The molecule has 0 saturated carbocycles. The fourth-order valence-corrected chi connectivity index (χ4v) is 2.55. The molecule has 1 heterocycles. The third kappa shape index (κ3) is 4.11. The smallest absolute Gasteiger partial charge is 0.307 e. The number of nitrogens with zero attached hydrogens (tertiary/aromatic N) is 3. The van der Waals surface area contributed by atoms with Gasteiger partial charge in [-0.3, -0.25) is 4.79 Å². The van der Waals surface area contributed by atoms with Crippen LogP contribution >= 0.6 is 0 Å². The van der Waals surface area contributed by atoms with Gasteiger partial charge in [0.05, 0.1) is 5.92 Å². The molecule has 6 heteroatoms. The van der Waals surface area contributed by atoms with Crippen LogP contribution in [0.2, 0.25) is 0 Å². The van der Waals surface area contributed by atoms with Gasteiger partial charge in [0, 0.05) is 5.92 Å². The Bertz CT molecular complexity index is 554. The molecular formula is C15H20N4O2. The van der Waals surface area contributed by atoms with Crippen molar-refractivity contribution < 1.29 is 9.90 Å². The quantitative estimate of drug-likeness (QED) is 0.815. The number of nitrogens with one attached hydrogen (secondary N) is 1. The Labute approximate surface area is 123 Å². The SMILES string of the molecule is CC(C)C[C@H](C(=O)O)[C@H](Cc1ccccc1)c1nn[nH]n1. The summed E-state index contributed by atoms with van der Waals surface area (Å²) in [4.78, 5) is 11.7. The number of benzene rings is 1. The van der Waals surface area contributed by atoms with Crippen LogP contribution in [0.3, 0.4) is 0 Å². The van der Waals surface area contributed by atoms with Gasteiger partial charge in [-0.1, -0.05) is 49.4 Å². The topological polar surface area (TPSA) is 91.8 Å². The summed E-state index contributed by atoms with van der Waals surface area (Å²) in [6, 6.07) is 9.81. The fourth-order valence-electron chi connectivity index (χ4n) is 2.55. The van der Waals surface area contributed by atoms with E-state index < -0.39 is 11.9 Å². The number of rotatable bonds is 7. The number of aromatic nitrogens is 4. The summed E-state index contributed by atoms with van der Waals surface area (Å²) in [5.41, 5.74) is 1.07. The molecule has 0 aliphatic rings. The molecule has 2 rings (SSSR count). The molecule has 0 unspecified atom stereocenters. The van der Waals surface area contributed by atoms with Crippen molar-refractivity contribution in [2.75, 3.05) is 0 Å². The van der Waals surface area contributed by atoms with Gasteiger partial charge in [0.2, 0.25) is 0 Å². The molecular weight excluding hydrogens is 268 g/mol. The summed E-state index contributed by atoms with van der Waals surface area (Å²) in [5, 5.41) is 23.6. The van der Waals surface area contributed by atoms with Crippen molar-refractivity contribution in [3.05, 3.63) is 41.7 Å². The second-order valence-electron chi connectivity index (χ2n) is 5.64. The average molecular weight is 288 g/mol. The second-order valence-corrected chi connectivity index (χ2v) is 5.64. The van der Waals surface area contributed by atoms with Crippen molar-refractivity contribution in [1.82, 2.24) is 20.6 Å². The minimum atomic E-state index is -0.811. The lowest BCUT2D eigenvalue weighted by atomic mass is 9.81. The van der Waals surface area contributed by atoms with Crippen LogP contribution < -0.4 is 0 Å². The average Bonchev–Trinajstić information content (AvgIpc) is 2.97. The zero-order chi connectivity index (χ0) is 15.2. The molecule has 0 aliphatic carbocycles. The molecule has 2 aromatic rings. The number of aliphatic carboxylic acids is 1. The van der Waals surface area contributed by atoms with Crippen molar-refractivity contribution >= 4 is 5.97 Å². The summed E-state index contributed by atoms with van der Waals surface area (Å²) < 4.78 is 0. The number of tetrazole rings is 1. The van der Waals surface area contributed by atoms with Crippen molar-refractivity contribution in [3.63, 3.8) is 0 Å². The number of hydrogen-bond donors (Lipinski definition) is 2. The van der Waals surface area contributed by atoms with Crippen molar-refractivity contribution in [3.8, 4) is 0 Å². The van der Waals surface area contributed by atoms with E-state index in [-0.39, 0.29) is 11.8 Å². The van der Waals surface area contributed by atoms with Crippen LogP contribution in [0.15, 0.2) is 30.3 Å². The predicted molar refractivity (Wildman–Crippen MR) is 77.6 cm³/mol. The molecule has 0 amide bonds. The van der Waals surface area contributed by atoms with E-state index in [4.69, 9.17) is 0 Å². The molecule has 6 nitrogen and oxygen atoms in total. The van der Waals surface area contributed by atoms with Gasteiger partial charge in [0.25, 0.3) is 0 Å². The number of hydrogen-bond acceptors (Lipinski definition) is 4. The lowest BCUT2D eigenvalue weighted by molar-refractivity contribution is -0.143. The molecule has 1 aromatic carbocycles. The van der Waals surface area contributed by atoms with E-state index in [1.54, 1.807) is 0 Å². The number of aromatic amines is 1. The first-order valence-electron chi connectivity index (χ1n) is 7.08. The first-order chi connectivity index (χ1) is 10.1. The van der Waals surface area contributed by atoms with Gasteiger partial charge in [-0.05, 0) is 24.3 Å². The van der Waals surface area contributed by atoms with Crippen LogP contribution in [0.1, 0.15) is 37.6 Å². The zero-order valence-electron chi connectivity index (χ0n) is 12.2. The summed E-state index contributed by atoms with van der Waals surface area (Å²) in [6.45, 7) is 4.04. The summed E-state index contributed by atoms with van der Waals surface area (Å²) in [5.74, 6) is -0.869. The van der Waals surface area contributed by atoms with Crippen molar-refractivity contribution in [1.29, 1.82) is 0 Å². The first kappa shape index (κ1) is 15.2. The normalized spacial score (nSPS) is 14.0. The molecule has 0 spiro atoms. The van der Waals surface area contributed by atoms with E-state index in [1.165, 1.54) is 0 Å². The van der Waals surface area contributed by atoms with Gasteiger partial charge in [-0.15, -0.1) is 10.2 Å². The highest BCUT2D eigenvalue weighted by molar-refractivity contribution is 5.71. The van der Waals surface area contributed by atoms with E-state index in [9.17, 15) is 9.90 Å². The van der Waals surface area contributed by atoms with Gasteiger partial charge >= 0.3 is 5.97 Å². The molecule has 0 aliphatic heterocycles. The minimum absolute atomic E-state index is 0.286. The highest BCUT2D eigenvalue weighted by atomic mass is 16.4. The Kier molecular flexibility index (Phi) is 5.03. The third-order valence-electron chi connectivity index (χ3n) is 3.52. The van der Waals surface area contributed by atoms with Crippen LogP contribution in [-0.2, 0) is 11.2 Å². The molecule has 0 saturated heterocycles. The molecule has 0 bridgehead atoms. The van der Waals surface area contributed by atoms with Gasteiger partial charge in [0.1, 0.15) is 0 Å². The molecule has 112 valence electrons. The Balaban J connectivity index is 2.28. The van der Waals surface area contributed by atoms with Gasteiger partial charge in [0.15, 0.2) is 5.82 Å². The third-order valence-corrected chi connectivity index (χ3v) is 3.52. The summed E-state index contributed by atoms with van der Waals surface area (Å²) >= 11 is 0. The lowest BCUT2D eigenvalue weighted by Crippen LogP contribution is -2.26. The maximum absolute atomic E-state index is 11.7. The van der Waals surface area contributed by atoms with Gasteiger partial charge < -0.3 is 5.11 Å². The van der Waals surface area contributed by atoms with Crippen molar-refractivity contribution in [2.45, 2.75) is 32.6 Å². The van der Waals surface area contributed by atoms with E-state index in [0.717, 1.165) is 5.56 Å². The Morgan fingerprint density at radius 1 is 1.29 bits per heavy atom. The first-order valence-corrected chi connectivity index (χ1v) is 7.08. The number of carbonyl (C=O) groups is 1. The largest absolute Gasteiger partial charge is 0.481 e. The minimum Gasteiger partial charge on any atom is -0.481 e. The maximum atomic E-state index is 11.7. The lowest BCUT2D eigenvalue weighted by Gasteiger charge is -2.23. The van der Waals surface area contributed by atoms with Gasteiger partial charge in [-0.2, -0.15) is 5.21 Å². The predicted octanol–water partition coefficient (Wildman–Crippen LogP) is 2.27. The van der Waals surface area contributed by atoms with Gasteiger partial charge in [-0.25, -0.2) is 0 Å². The fraction of sp³-hybridized carbons (Fsp3) is 0.467. The molecule has 21 heavy (non-hydrogen) atoms. The van der Waals surface area contributed by atoms with E-state index in [2.05, 4.69) is 20.6 Å². The Morgan fingerprint density at radius 2 is 2.00 bits per heavy atom. The maximum Gasteiger partial charge on any atom is 0.307 e. The Morgan fingerprint density at radius 3 is 2.52 bits per heavy atom. The van der Waals surface area contributed by atoms with Crippen LogP contribution in [-0.4, -0.2) is 31.7 Å². The second kappa shape index (κ2) is 6.97. The Hall–Kier alpha value is -2.24. The summed E-state index contributed by atoms with van der Waals surface area (Å²) in [7, 11) is 0. The molecule has 2 atom stereocenters. The van der Waals surface area contributed by atoms with Crippen LogP contribution in [0.4, 0.5) is 0 Å². The monoisotopic (exact) mass is 288 g/mol. The number of H-pyrrole nitrogens is 1. The molecule has 1 aromatic heterocycles. The molecule has 0 fully saturated rings. The molecule has 2 N–H and O–H groups in total. The van der Waals surface area contributed by atoms with E-state index in [0.29, 0.717) is 18.7 Å².